The minimum Gasteiger partial charge on any atom is -0.374 e. The summed E-state index contributed by atoms with van der Waals surface area (Å²) in [6, 6.07) is 0. The lowest BCUT2D eigenvalue weighted by atomic mass is 9.99. The summed E-state index contributed by atoms with van der Waals surface area (Å²) < 4.78 is 0. The van der Waals surface area contributed by atoms with Gasteiger partial charge in [-0.25, -0.2) is 0 Å². The van der Waals surface area contributed by atoms with Gasteiger partial charge in [-0.1, -0.05) is 33.1 Å². The van der Waals surface area contributed by atoms with Crippen molar-refractivity contribution in [2.45, 2.75) is 52.4 Å². The van der Waals surface area contributed by atoms with Crippen LogP contribution in [0.3, 0.4) is 0 Å². The predicted molar refractivity (Wildman–Crippen MR) is 62.8 cm³/mol. The maximum atomic E-state index is 4.43. The highest BCUT2D eigenvalue weighted by Gasteiger charge is 2.09. The van der Waals surface area contributed by atoms with Crippen LogP contribution in [0.2, 0.25) is 0 Å². The van der Waals surface area contributed by atoms with E-state index in [1.807, 2.05) is 0 Å². The first-order valence-electron chi connectivity index (χ1n) is 6.14. The minimum atomic E-state index is 0.846. The van der Waals surface area contributed by atoms with E-state index in [9.17, 15) is 0 Å². The highest BCUT2D eigenvalue weighted by atomic mass is 15.0. The van der Waals surface area contributed by atoms with Crippen molar-refractivity contribution in [2.75, 3.05) is 13.1 Å². The molecule has 0 aromatic carbocycles. The lowest BCUT2D eigenvalue weighted by molar-refractivity contribution is 0.445. The second kappa shape index (κ2) is 6.86. The lowest BCUT2D eigenvalue weighted by Gasteiger charge is -2.15. The Labute approximate surface area is 88.2 Å². The normalized spacial score (nSPS) is 18.0. The monoisotopic (exact) mass is 196 g/mol. The standard InChI is InChI=1S/C12H24N2/c1-3-5-7-11(4-2)10-14-12-8-6-9-13-12/h11H,3-10H2,1-2H3,(H,13,14). The first kappa shape index (κ1) is 11.5. The molecule has 1 heterocycles. The highest BCUT2D eigenvalue weighted by Crippen LogP contribution is 2.12. The molecule has 0 bridgehead atoms. The van der Waals surface area contributed by atoms with Gasteiger partial charge in [0.1, 0.15) is 0 Å². The molecule has 0 amide bonds. The molecule has 1 aliphatic heterocycles. The first-order valence-corrected chi connectivity index (χ1v) is 6.14. The summed E-state index contributed by atoms with van der Waals surface area (Å²) in [5.41, 5.74) is 0. The average molecular weight is 196 g/mol. The zero-order valence-electron chi connectivity index (χ0n) is 9.68. The fourth-order valence-corrected chi connectivity index (χ4v) is 1.89. The lowest BCUT2D eigenvalue weighted by Crippen LogP contribution is -2.27. The van der Waals surface area contributed by atoms with Crippen molar-refractivity contribution in [1.82, 2.24) is 5.32 Å². The predicted octanol–water partition coefficient (Wildman–Crippen LogP) is 2.98. The number of aliphatic imine (C=N–C) groups is 1. The van der Waals surface area contributed by atoms with Crippen molar-refractivity contribution >= 4 is 5.84 Å². The van der Waals surface area contributed by atoms with Gasteiger partial charge in [0.15, 0.2) is 0 Å². The van der Waals surface area contributed by atoms with Crippen molar-refractivity contribution in [1.29, 1.82) is 0 Å². The fourth-order valence-electron chi connectivity index (χ4n) is 1.89. The topological polar surface area (TPSA) is 24.4 Å². The molecular weight excluding hydrogens is 172 g/mol. The Morgan fingerprint density at radius 3 is 2.86 bits per heavy atom. The van der Waals surface area contributed by atoms with E-state index in [-0.39, 0.29) is 0 Å². The van der Waals surface area contributed by atoms with E-state index in [1.165, 1.54) is 44.4 Å². The van der Waals surface area contributed by atoms with Gasteiger partial charge in [-0.2, -0.15) is 0 Å². The molecule has 0 saturated carbocycles. The van der Waals surface area contributed by atoms with E-state index in [0.717, 1.165) is 19.0 Å². The van der Waals surface area contributed by atoms with E-state index in [1.54, 1.807) is 0 Å². The smallest absolute Gasteiger partial charge is 0.0963 e. The Kier molecular flexibility index (Phi) is 5.65. The number of hydrogen-bond donors (Lipinski definition) is 1. The first-order chi connectivity index (χ1) is 6.86. The highest BCUT2D eigenvalue weighted by molar-refractivity contribution is 5.83. The number of nitrogens with zero attached hydrogens (tertiary/aromatic N) is 1. The van der Waals surface area contributed by atoms with Gasteiger partial charge >= 0.3 is 0 Å². The van der Waals surface area contributed by atoms with Crippen LogP contribution in [-0.2, 0) is 0 Å². The molecule has 0 saturated heterocycles. The van der Waals surface area contributed by atoms with Gasteiger partial charge < -0.3 is 5.32 Å². The van der Waals surface area contributed by atoms with Gasteiger partial charge in [-0.15, -0.1) is 0 Å². The summed E-state index contributed by atoms with van der Waals surface area (Å²) in [5.74, 6) is 2.10. The van der Waals surface area contributed by atoms with E-state index < -0.39 is 0 Å². The number of unbranched alkanes of at least 4 members (excludes halogenated alkanes) is 1. The number of amidine groups is 1. The van der Waals surface area contributed by atoms with Gasteiger partial charge in [0, 0.05) is 19.5 Å². The van der Waals surface area contributed by atoms with Crippen LogP contribution in [0.15, 0.2) is 4.99 Å². The Bertz CT molecular complexity index is 175. The van der Waals surface area contributed by atoms with Crippen LogP contribution in [-0.4, -0.2) is 18.9 Å². The number of nitrogens with one attached hydrogen (secondary N) is 1. The zero-order chi connectivity index (χ0) is 10.2. The molecule has 1 N–H and O–H groups in total. The molecule has 1 aliphatic rings. The van der Waals surface area contributed by atoms with Crippen molar-refractivity contribution in [2.24, 2.45) is 10.9 Å². The van der Waals surface area contributed by atoms with Gasteiger partial charge in [0.05, 0.1) is 5.84 Å². The zero-order valence-corrected chi connectivity index (χ0v) is 9.68. The maximum absolute atomic E-state index is 4.43. The third-order valence-electron chi connectivity index (χ3n) is 3.01. The second-order valence-corrected chi connectivity index (χ2v) is 4.23. The maximum Gasteiger partial charge on any atom is 0.0963 e. The molecule has 2 heteroatoms. The van der Waals surface area contributed by atoms with Gasteiger partial charge in [-0.3, -0.25) is 4.99 Å². The van der Waals surface area contributed by atoms with E-state index >= 15 is 0 Å². The third-order valence-corrected chi connectivity index (χ3v) is 3.01. The quantitative estimate of drug-likeness (QED) is 0.694. The van der Waals surface area contributed by atoms with Crippen LogP contribution in [0.5, 0.6) is 0 Å². The van der Waals surface area contributed by atoms with Crippen LogP contribution in [0.4, 0.5) is 0 Å². The summed E-state index contributed by atoms with van der Waals surface area (Å²) in [5, 5.41) is 3.49. The summed E-state index contributed by atoms with van der Waals surface area (Å²) in [7, 11) is 0. The number of rotatable bonds is 6. The van der Waals surface area contributed by atoms with Gasteiger partial charge in [0.2, 0.25) is 0 Å². The van der Waals surface area contributed by atoms with Crippen LogP contribution in [0.1, 0.15) is 52.4 Å². The molecule has 14 heavy (non-hydrogen) atoms. The molecule has 1 unspecified atom stereocenters. The van der Waals surface area contributed by atoms with Gasteiger partial charge in [0.25, 0.3) is 0 Å². The average Bonchev–Trinajstić information content (AvgIpc) is 2.71. The molecule has 1 atom stereocenters. The Morgan fingerprint density at radius 2 is 2.29 bits per heavy atom. The van der Waals surface area contributed by atoms with Crippen molar-refractivity contribution < 1.29 is 0 Å². The Hall–Kier alpha value is -0.530. The van der Waals surface area contributed by atoms with Crippen molar-refractivity contribution in [3.05, 3.63) is 0 Å². The summed E-state index contributed by atoms with van der Waals surface area (Å²) in [4.78, 5) is 4.43. The molecule has 0 aromatic heterocycles. The molecule has 0 fully saturated rings. The van der Waals surface area contributed by atoms with Crippen LogP contribution in [0, 0.1) is 5.92 Å². The molecule has 0 radical (unpaired) electrons. The van der Waals surface area contributed by atoms with Gasteiger partial charge in [-0.05, 0) is 18.8 Å². The van der Waals surface area contributed by atoms with Crippen LogP contribution in [0.25, 0.3) is 0 Å². The molecule has 0 aliphatic carbocycles. The van der Waals surface area contributed by atoms with Crippen LogP contribution >= 0.6 is 0 Å². The molecule has 0 aromatic rings. The molecular formula is C12H24N2. The fraction of sp³-hybridized carbons (Fsp3) is 0.917. The largest absolute Gasteiger partial charge is 0.374 e. The van der Waals surface area contributed by atoms with Crippen molar-refractivity contribution in [3.8, 4) is 0 Å². The molecule has 0 spiro atoms. The summed E-state index contributed by atoms with van der Waals surface area (Å²) in [6.07, 6.45) is 7.76. The second-order valence-electron chi connectivity index (χ2n) is 4.23. The number of hydrogen-bond acceptors (Lipinski definition) is 2. The van der Waals surface area contributed by atoms with E-state index in [0.29, 0.717) is 0 Å². The Morgan fingerprint density at radius 1 is 1.43 bits per heavy atom. The minimum absolute atomic E-state index is 0.846. The molecule has 1 rings (SSSR count). The summed E-state index contributed by atoms with van der Waals surface area (Å²) in [6.45, 7) is 6.73. The third kappa shape index (κ3) is 4.12. The molecule has 82 valence electrons. The SMILES string of the molecule is CCCCC(CC)CNC1=NCCC1. The molecule has 2 nitrogen and oxygen atoms in total. The summed E-state index contributed by atoms with van der Waals surface area (Å²) >= 11 is 0. The Balaban J connectivity index is 2.12. The van der Waals surface area contributed by atoms with Crippen LogP contribution < -0.4 is 5.32 Å². The van der Waals surface area contributed by atoms with E-state index in [2.05, 4.69) is 24.2 Å². The van der Waals surface area contributed by atoms with E-state index in [4.69, 9.17) is 0 Å². The van der Waals surface area contributed by atoms with Crippen molar-refractivity contribution in [3.63, 3.8) is 0 Å².